The third kappa shape index (κ3) is 3.97. The van der Waals surface area contributed by atoms with Crippen molar-refractivity contribution in [2.75, 3.05) is 18.4 Å². The number of nitrogens with zero attached hydrogens (tertiary/aromatic N) is 1. The van der Waals surface area contributed by atoms with Gasteiger partial charge in [0.05, 0.1) is 22.5 Å². The number of hydrogen-bond acceptors (Lipinski definition) is 6. The quantitative estimate of drug-likeness (QED) is 0.424. The van der Waals surface area contributed by atoms with E-state index in [1.54, 1.807) is 12.1 Å². The van der Waals surface area contributed by atoms with E-state index >= 15 is 0 Å². The molecule has 0 bridgehead atoms. The first-order valence-electron chi connectivity index (χ1n) is 10.7. The first-order chi connectivity index (χ1) is 15.9. The molecule has 1 N–H and O–H groups in total. The predicted octanol–water partition coefficient (Wildman–Crippen LogP) is 2.86. The lowest BCUT2D eigenvalue weighted by Gasteiger charge is -2.32. The Morgan fingerprint density at radius 1 is 1.06 bits per heavy atom. The summed E-state index contributed by atoms with van der Waals surface area (Å²) in [6, 6.07) is 8.76. The van der Waals surface area contributed by atoms with E-state index in [1.807, 2.05) is 27.7 Å². The molecule has 0 atom stereocenters. The van der Waals surface area contributed by atoms with Crippen LogP contribution in [0.4, 0.5) is 10.1 Å². The van der Waals surface area contributed by atoms with Gasteiger partial charge in [0, 0.05) is 36.6 Å². The van der Waals surface area contributed by atoms with Crippen molar-refractivity contribution in [2.45, 2.75) is 38.9 Å². The fourth-order valence-corrected chi connectivity index (χ4v) is 4.18. The van der Waals surface area contributed by atoms with Crippen LogP contribution >= 0.6 is 0 Å². The van der Waals surface area contributed by atoms with Gasteiger partial charge in [-0.05, 0) is 58.0 Å². The molecule has 11 heteroatoms. The monoisotopic (exact) mass is 488 g/mol. The number of nitrogens with one attached hydrogen (secondary N) is 1. The molecule has 1 aromatic heterocycles. The normalized spacial score (nSPS) is 16.9. The lowest BCUT2D eigenvalue weighted by Crippen LogP contribution is -2.41. The van der Waals surface area contributed by atoms with Crippen molar-refractivity contribution in [1.29, 1.82) is 0 Å². The molecule has 0 radical (unpaired) electrons. The van der Waals surface area contributed by atoms with Crippen LogP contribution < -0.4 is 15.1 Å². The smallest absolute Gasteiger partial charge is 0.455 e. The van der Waals surface area contributed by atoms with E-state index in [2.05, 4.69) is 5.32 Å². The standard InChI is InChI=1S/C23H26BFN2O6S/c1-22(2)23(3,4)33-24(32-22)16-11-15-18(12-17(16)27(6)34(29)30)31-20(19(15)21(28)26-5)13-7-9-14(25)10-8-13/h7-12,34H,1-6H3,(H,26,28). The van der Waals surface area contributed by atoms with Crippen LogP contribution in [0.1, 0.15) is 38.1 Å². The van der Waals surface area contributed by atoms with Gasteiger partial charge < -0.3 is 19.0 Å². The zero-order valence-corrected chi connectivity index (χ0v) is 20.7. The molecule has 2 heterocycles. The van der Waals surface area contributed by atoms with E-state index < -0.39 is 40.9 Å². The summed E-state index contributed by atoms with van der Waals surface area (Å²) in [6.45, 7) is 7.57. The van der Waals surface area contributed by atoms with Gasteiger partial charge in [-0.15, -0.1) is 0 Å². The first kappa shape index (κ1) is 24.2. The zero-order chi connectivity index (χ0) is 25.0. The molecule has 1 amide bonds. The Hall–Kier alpha value is -2.89. The molecule has 3 aromatic rings. The molecule has 0 saturated carbocycles. The molecule has 1 saturated heterocycles. The highest BCUT2D eigenvalue weighted by atomic mass is 32.2. The summed E-state index contributed by atoms with van der Waals surface area (Å²) < 4.78 is 56.8. The second-order valence-electron chi connectivity index (χ2n) is 9.15. The molecule has 8 nitrogen and oxygen atoms in total. The van der Waals surface area contributed by atoms with E-state index in [0.29, 0.717) is 22.1 Å². The Bertz CT molecular complexity index is 1330. The number of benzene rings is 2. The average Bonchev–Trinajstić information content (AvgIpc) is 3.25. The summed E-state index contributed by atoms with van der Waals surface area (Å²) in [7, 11) is -0.959. The van der Waals surface area contributed by atoms with Crippen LogP contribution in [0.15, 0.2) is 40.8 Å². The molecule has 0 unspecified atom stereocenters. The topological polar surface area (TPSA) is 98.1 Å². The molecule has 0 aliphatic carbocycles. The van der Waals surface area contributed by atoms with Crippen LogP contribution in [-0.4, -0.2) is 46.7 Å². The molecule has 1 aliphatic rings. The highest BCUT2D eigenvalue weighted by Gasteiger charge is 2.52. The molecule has 1 aliphatic heterocycles. The summed E-state index contributed by atoms with van der Waals surface area (Å²) in [5.74, 6) is -0.595. The lowest BCUT2D eigenvalue weighted by molar-refractivity contribution is 0.00578. The average molecular weight is 488 g/mol. The summed E-state index contributed by atoms with van der Waals surface area (Å²) >= 11 is 0. The lowest BCUT2D eigenvalue weighted by atomic mass is 9.77. The van der Waals surface area contributed by atoms with Gasteiger partial charge in [0.25, 0.3) is 5.91 Å². The molecular formula is C23H26BFN2O6S. The number of anilines is 1. The minimum Gasteiger partial charge on any atom is -0.455 e. The number of carbonyl (C=O) groups is 1. The number of hydrogen-bond donors (Lipinski definition) is 2. The number of halogens is 1. The van der Waals surface area contributed by atoms with Crippen molar-refractivity contribution in [3.05, 3.63) is 47.8 Å². The van der Waals surface area contributed by atoms with Crippen LogP contribution in [-0.2, 0) is 20.2 Å². The van der Waals surface area contributed by atoms with E-state index in [0.717, 1.165) is 4.31 Å². The van der Waals surface area contributed by atoms with Crippen molar-refractivity contribution < 1.29 is 31.3 Å². The first-order valence-corrected chi connectivity index (χ1v) is 11.8. The van der Waals surface area contributed by atoms with E-state index in [1.165, 1.54) is 38.4 Å². The van der Waals surface area contributed by atoms with Gasteiger partial charge in [-0.1, -0.05) is 0 Å². The van der Waals surface area contributed by atoms with E-state index in [9.17, 15) is 17.6 Å². The molecule has 2 aromatic carbocycles. The minimum absolute atomic E-state index is 0.237. The predicted molar refractivity (Wildman–Crippen MR) is 129 cm³/mol. The second kappa shape index (κ2) is 8.40. The largest absolute Gasteiger partial charge is 0.497 e. The van der Waals surface area contributed by atoms with Crippen molar-refractivity contribution in [3.8, 4) is 11.3 Å². The van der Waals surface area contributed by atoms with Crippen LogP contribution in [0.5, 0.6) is 0 Å². The van der Waals surface area contributed by atoms with E-state index in [-0.39, 0.29) is 16.9 Å². The number of rotatable bonds is 5. The molecule has 4 rings (SSSR count). The van der Waals surface area contributed by atoms with Crippen molar-refractivity contribution >= 4 is 46.0 Å². The summed E-state index contributed by atoms with van der Waals surface area (Å²) in [6.07, 6.45) is 0. The Kier molecular flexibility index (Phi) is 5.99. The third-order valence-electron chi connectivity index (χ3n) is 6.50. The highest BCUT2D eigenvalue weighted by Crippen LogP contribution is 2.39. The molecule has 0 spiro atoms. The van der Waals surface area contributed by atoms with Crippen molar-refractivity contribution in [1.82, 2.24) is 5.32 Å². The third-order valence-corrected chi connectivity index (χ3v) is 7.20. The molecular weight excluding hydrogens is 462 g/mol. The Morgan fingerprint density at radius 3 is 2.18 bits per heavy atom. The fourth-order valence-electron chi connectivity index (χ4n) is 3.83. The Morgan fingerprint density at radius 2 is 1.65 bits per heavy atom. The van der Waals surface area contributed by atoms with Crippen LogP contribution in [0.2, 0.25) is 0 Å². The number of amides is 1. The highest BCUT2D eigenvalue weighted by molar-refractivity contribution is 7.74. The summed E-state index contributed by atoms with van der Waals surface area (Å²) in [5.41, 5.74) is 0.426. The number of fused-ring (bicyclic) bond motifs is 1. The second-order valence-corrected chi connectivity index (χ2v) is 10.2. The zero-order valence-electron chi connectivity index (χ0n) is 19.8. The van der Waals surface area contributed by atoms with Gasteiger partial charge in [-0.25, -0.2) is 12.8 Å². The van der Waals surface area contributed by atoms with Crippen LogP contribution in [0, 0.1) is 5.82 Å². The number of thiol groups is 1. The number of furan rings is 1. The van der Waals surface area contributed by atoms with Gasteiger partial charge in [-0.3, -0.25) is 9.10 Å². The summed E-state index contributed by atoms with van der Waals surface area (Å²) in [5, 5.41) is 3.06. The van der Waals surface area contributed by atoms with Gasteiger partial charge >= 0.3 is 7.12 Å². The van der Waals surface area contributed by atoms with Gasteiger partial charge in [0.2, 0.25) is 10.9 Å². The fraction of sp³-hybridized carbons (Fsp3) is 0.348. The van der Waals surface area contributed by atoms with Gasteiger partial charge in [-0.2, -0.15) is 0 Å². The van der Waals surface area contributed by atoms with E-state index in [4.69, 9.17) is 13.7 Å². The molecule has 180 valence electrons. The van der Waals surface area contributed by atoms with Crippen molar-refractivity contribution in [2.24, 2.45) is 0 Å². The summed E-state index contributed by atoms with van der Waals surface area (Å²) in [4.78, 5) is 12.9. The Labute approximate surface area is 199 Å². The molecule has 34 heavy (non-hydrogen) atoms. The minimum atomic E-state index is -2.98. The molecule has 1 fully saturated rings. The van der Waals surface area contributed by atoms with Crippen LogP contribution in [0.25, 0.3) is 22.3 Å². The Balaban J connectivity index is 2.00. The van der Waals surface area contributed by atoms with Gasteiger partial charge in [0.1, 0.15) is 17.2 Å². The maximum absolute atomic E-state index is 13.5. The maximum atomic E-state index is 13.5. The number of carbonyl (C=O) groups excluding carboxylic acids is 1. The van der Waals surface area contributed by atoms with Crippen molar-refractivity contribution in [3.63, 3.8) is 0 Å². The van der Waals surface area contributed by atoms with Crippen LogP contribution in [0.3, 0.4) is 0 Å². The van der Waals surface area contributed by atoms with Gasteiger partial charge in [0.15, 0.2) is 0 Å². The SMILES string of the molecule is CNC(=O)c1c(-c2ccc(F)cc2)oc2cc(N(C)[SH](=O)=O)c(B3OC(C)(C)C(C)(C)O3)cc12. The maximum Gasteiger partial charge on any atom is 0.497 e.